The van der Waals surface area contributed by atoms with Crippen LogP contribution in [0.2, 0.25) is 5.02 Å². The maximum Gasteiger partial charge on any atom is 0.269 e. The molecule has 118 valence electrons. The lowest BCUT2D eigenvalue weighted by atomic mass is 10.2. The molecule has 1 amide bonds. The van der Waals surface area contributed by atoms with Crippen LogP contribution in [0.3, 0.4) is 0 Å². The standard InChI is InChI=1S/C14H10ClN3O2S3/c1-20-7-2-3-8-9(6-7)23-11(10(8)15)12(19)17-13(21)18-14-16-4-5-22-14/h2-6H,1H3,(H2,16,17,18,19,21). The number of thiophene rings is 1. The molecule has 0 spiro atoms. The third-order valence-electron chi connectivity index (χ3n) is 2.92. The Morgan fingerprint density at radius 3 is 2.96 bits per heavy atom. The zero-order chi connectivity index (χ0) is 16.4. The van der Waals surface area contributed by atoms with Crippen molar-refractivity contribution in [2.45, 2.75) is 0 Å². The van der Waals surface area contributed by atoms with E-state index < -0.39 is 0 Å². The van der Waals surface area contributed by atoms with Gasteiger partial charge in [0.2, 0.25) is 0 Å². The molecule has 5 nitrogen and oxygen atoms in total. The predicted octanol–water partition coefficient (Wildman–Crippen LogP) is 4.15. The summed E-state index contributed by atoms with van der Waals surface area (Å²) >= 11 is 14.1. The van der Waals surface area contributed by atoms with Gasteiger partial charge in [0.15, 0.2) is 10.2 Å². The Bertz CT molecular complexity index is 877. The van der Waals surface area contributed by atoms with Crippen LogP contribution in [0.5, 0.6) is 5.75 Å². The lowest BCUT2D eigenvalue weighted by molar-refractivity contribution is 0.0982. The Hall–Kier alpha value is -1.74. The van der Waals surface area contributed by atoms with Gasteiger partial charge in [-0.05, 0) is 30.4 Å². The van der Waals surface area contributed by atoms with Crippen LogP contribution in [0.15, 0.2) is 29.8 Å². The number of hydrogen-bond donors (Lipinski definition) is 2. The molecule has 0 aliphatic carbocycles. The summed E-state index contributed by atoms with van der Waals surface area (Å²) in [4.78, 5) is 16.8. The summed E-state index contributed by atoms with van der Waals surface area (Å²) in [6, 6.07) is 5.47. The zero-order valence-corrected chi connectivity index (χ0v) is 15.0. The van der Waals surface area contributed by atoms with Gasteiger partial charge in [-0.2, -0.15) is 0 Å². The van der Waals surface area contributed by atoms with Crippen molar-refractivity contribution in [2.24, 2.45) is 0 Å². The quantitative estimate of drug-likeness (QED) is 0.665. The number of fused-ring (bicyclic) bond motifs is 1. The number of thiocarbonyl (C=S) groups is 1. The van der Waals surface area contributed by atoms with E-state index in [1.54, 1.807) is 19.4 Å². The second kappa shape index (κ2) is 6.79. The van der Waals surface area contributed by atoms with Crippen molar-refractivity contribution in [3.05, 3.63) is 39.7 Å². The fourth-order valence-electron chi connectivity index (χ4n) is 1.89. The van der Waals surface area contributed by atoms with Gasteiger partial charge >= 0.3 is 0 Å². The molecule has 3 aromatic rings. The minimum Gasteiger partial charge on any atom is -0.497 e. The summed E-state index contributed by atoms with van der Waals surface area (Å²) < 4.78 is 6.06. The Kier molecular flexibility index (Phi) is 4.76. The fraction of sp³-hybridized carbons (Fsp3) is 0.0714. The highest BCUT2D eigenvalue weighted by atomic mass is 35.5. The minimum absolute atomic E-state index is 0.177. The number of aromatic nitrogens is 1. The number of carbonyl (C=O) groups is 1. The van der Waals surface area contributed by atoms with Crippen LogP contribution in [-0.4, -0.2) is 23.1 Å². The molecule has 3 rings (SSSR count). The number of anilines is 1. The summed E-state index contributed by atoms with van der Waals surface area (Å²) in [6.45, 7) is 0. The van der Waals surface area contributed by atoms with E-state index in [2.05, 4.69) is 15.6 Å². The van der Waals surface area contributed by atoms with Crippen molar-refractivity contribution in [3.8, 4) is 5.75 Å². The maximum absolute atomic E-state index is 12.4. The molecule has 0 atom stereocenters. The molecule has 0 fully saturated rings. The lowest BCUT2D eigenvalue weighted by Gasteiger charge is -2.05. The molecule has 0 aliphatic rings. The summed E-state index contributed by atoms with van der Waals surface area (Å²) in [5, 5.41) is 9.26. The van der Waals surface area contributed by atoms with Crippen molar-refractivity contribution in [1.29, 1.82) is 0 Å². The number of nitrogens with zero attached hydrogens (tertiary/aromatic N) is 1. The molecular formula is C14H10ClN3O2S3. The molecule has 9 heteroatoms. The van der Waals surface area contributed by atoms with Gasteiger partial charge in [0.05, 0.1) is 12.1 Å². The number of amides is 1. The van der Waals surface area contributed by atoms with Gasteiger partial charge < -0.3 is 10.1 Å². The summed E-state index contributed by atoms with van der Waals surface area (Å²) in [7, 11) is 1.59. The van der Waals surface area contributed by atoms with Crippen molar-refractivity contribution in [2.75, 3.05) is 12.4 Å². The van der Waals surface area contributed by atoms with Crippen molar-refractivity contribution >= 4 is 72.7 Å². The zero-order valence-electron chi connectivity index (χ0n) is 11.8. The molecule has 1 aromatic carbocycles. The van der Waals surface area contributed by atoms with Gasteiger partial charge in [0, 0.05) is 21.7 Å². The molecule has 0 bridgehead atoms. The van der Waals surface area contributed by atoms with Crippen molar-refractivity contribution in [3.63, 3.8) is 0 Å². The first-order valence-electron chi connectivity index (χ1n) is 6.36. The smallest absolute Gasteiger partial charge is 0.269 e. The highest BCUT2D eigenvalue weighted by Gasteiger charge is 2.18. The van der Waals surface area contributed by atoms with E-state index in [9.17, 15) is 4.79 Å². The Morgan fingerprint density at radius 1 is 1.43 bits per heavy atom. The van der Waals surface area contributed by atoms with Gasteiger partial charge in [0.25, 0.3) is 5.91 Å². The van der Waals surface area contributed by atoms with E-state index in [1.807, 2.05) is 17.5 Å². The number of ether oxygens (including phenoxy) is 1. The number of hydrogen-bond acceptors (Lipinski definition) is 6. The number of halogens is 1. The summed E-state index contributed by atoms with van der Waals surface area (Å²) in [5.41, 5.74) is 0. The van der Waals surface area contributed by atoms with Crippen LogP contribution in [-0.2, 0) is 0 Å². The first-order valence-corrected chi connectivity index (χ1v) is 8.84. The first-order chi connectivity index (χ1) is 11.1. The maximum atomic E-state index is 12.4. The monoisotopic (exact) mass is 383 g/mol. The van der Waals surface area contributed by atoms with Crippen LogP contribution in [0.4, 0.5) is 5.13 Å². The number of carbonyl (C=O) groups excluding carboxylic acids is 1. The second-order valence-corrected chi connectivity index (χ2v) is 7.09. The van der Waals surface area contributed by atoms with Gasteiger partial charge in [-0.1, -0.05) is 11.6 Å². The molecule has 0 unspecified atom stereocenters. The number of benzene rings is 1. The molecule has 2 aromatic heterocycles. The van der Waals surface area contributed by atoms with E-state index in [0.717, 1.165) is 10.1 Å². The Morgan fingerprint density at radius 2 is 2.26 bits per heavy atom. The third-order valence-corrected chi connectivity index (χ3v) is 5.47. The summed E-state index contributed by atoms with van der Waals surface area (Å²) in [5.74, 6) is 0.354. The van der Waals surface area contributed by atoms with Gasteiger partial charge in [-0.15, -0.1) is 22.7 Å². The Balaban J connectivity index is 1.80. The van der Waals surface area contributed by atoms with Crippen molar-refractivity contribution < 1.29 is 9.53 Å². The highest BCUT2D eigenvalue weighted by Crippen LogP contribution is 2.37. The molecule has 23 heavy (non-hydrogen) atoms. The van der Waals surface area contributed by atoms with E-state index in [-0.39, 0.29) is 11.0 Å². The van der Waals surface area contributed by atoms with E-state index in [4.69, 9.17) is 28.6 Å². The topological polar surface area (TPSA) is 63.2 Å². The van der Waals surface area contributed by atoms with E-state index in [1.165, 1.54) is 22.7 Å². The fourth-order valence-corrected chi connectivity index (χ4v) is 4.12. The first kappa shape index (κ1) is 16.1. The van der Waals surface area contributed by atoms with Crippen LogP contribution in [0.1, 0.15) is 9.67 Å². The SMILES string of the molecule is COc1ccc2c(Cl)c(C(=O)NC(=S)Nc3nccs3)sc2c1. The number of nitrogens with one attached hydrogen (secondary N) is 2. The van der Waals surface area contributed by atoms with Gasteiger partial charge in [0.1, 0.15) is 10.6 Å². The average Bonchev–Trinajstić information content (AvgIpc) is 3.15. The number of thiazole rings is 1. The van der Waals surface area contributed by atoms with Gasteiger partial charge in [-0.25, -0.2) is 4.98 Å². The predicted molar refractivity (Wildman–Crippen MR) is 99.2 cm³/mol. The molecule has 0 radical (unpaired) electrons. The molecular weight excluding hydrogens is 374 g/mol. The highest BCUT2D eigenvalue weighted by molar-refractivity contribution is 7.80. The lowest BCUT2D eigenvalue weighted by Crippen LogP contribution is -2.33. The number of methoxy groups -OCH3 is 1. The Labute approximate surface area is 150 Å². The third kappa shape index (κ3) is 3.45. The molecule has 2 N–H and O–H groups in total. The van der Waals surface area contributed by atoms with Crippen LogP contribution in [0, 0.1) is 0 Å². The van der Waals surface area contributed by atoms with Crippen LogP contribution >= 0.6 is 46.5 Å². The normalized spacial score (nSPS) is 10.5. The minimum atomic E-state index is -0.357. The number of rotatable bonds is 3. The largest absolute Gasteiger partial charge is 0.497 e. The van der Waals surface area contributed by atoms with E-state index in [0.29, 0.717) is 20.8 Å². The average molecular weight is 384 g/mol. The van der Waals surface area contributed by atoms with Crippen LogP contribution < -0.4 is 15.4 Å². The molecule has 2 heterocycles. The van der Waals surface area contributed by atoms with Crippen molar-refractivity contribution in [1.82, 2.24) is 10.3 Å². The molecule has 0 aliphatic heterocycles. The summed E-state index contributed by atoms with van der Waals surface area (Å²) in [6.07, 6.45) is 1.65. The molecule has 0 saturated heterocycles. The van der Waals surface area contributed by atoms with Crippen LogP contribution in [0.25, 0.3) is 10.1 Å². The second-order valence-electron chi connectivity index (χ2n) is 4.35. The molecule has 0 saturated carbocycles. The van der Waals surface area contributed by atoms with Gasteiger partial charge in [-0.3, -0.25) is 10.1 Å². The van der Waals surface area contributed by atoms with E-state index >= 15 is 0 Å².